The van der Waals surface area contributed by atoms with Crippen LogP contribution in [0.25, 0.3) is 66.1 Å². The van der Waals surface area contributed by atoms with Crippen molar-refractivity contribution < 1.29 is 9.66 Å². The smallest absolute Gasteiger partial charge is 0.269 e. The van der Waals surface area contributed by atoms with E-state index in [1.165, 1.54) is 67.1 Å². The molecule has 0 aliphatic carbocycles. The number of benzene rings is 14. The van der Waals surface area contributed by atoms with Crippen LogP contribution < -0.4 is 24.3 Å². The fourth-order valence-electron chi connectivity index (χ4n) is 11.7. The zero-order chi connectivity index (χ0) is 62.0. The number of fused-ring (bicyclic) bond motifs is 2. The lowest BCUT2D eigenvalue weighted by molar-refractivity contribution is -0.384. The summed E-state index contributed by atoms with van der Waals surface area (Å²) in [5.41, 5.74) is 20.1. The molecular weight excluding hydrogens is 1110 g/mol. The lowest BCUT2D eigenvalue weighted by Gasteiger charge is -2.26. The fourth-order valence-corrected chi connectivity index (χ4v) is 11.7. The molecule has 0 N–H and O–H groups in total. The molecule has 0 spiro atoms. The van der Waals surface area contributed by atoms with E-state index in [4.69, 9.17) is 4.74 Å². The predicted molar refractivity (Wildman–Crippen MR) is 381 cm³/mol. The summed E-state index contributed by atoms with van der Waals surface area (Å²) in [4.78, 5) is 19.5. The highest BCUT2D eigenvalue weighted by Gasteiger charge is 2.18. The summed E-state index contributed by atoms with van der Waals surface area (Å²) in [5.74, 6) is 0.848. The Morgan fingerprint density at radius 1 is 0.264 bits per heavy atom. The van der Waals surface area contributed by atoms with Gasteiger partial charge in [0.15, 0.2) is 0 Å². The lowest BCUT2D eigenvalue weighted by atomic mass is 10.0. The molecule has 14 aromatic carbocycles. The normalized spacial score (nSPS) is 10.9. The van der Waals surface area contributed by atoms with Crippen molar-refractivity contribution in [2.24, 2.45) is 0 Å². The van der Waals surface area contributed by atoms with Crippen LogP contribution in [-0.2, 0) is 0 Å². The van der Waals surface area contributed by atoms with Gasteiger partial charge in [-0.15, -0.1) is 0 Å². The van der Waals surface area contributed by atoms with E-state index >= 15 is 0 Å². The molecule has 14 aromatic rings. The Kier molecular flexibility index (Phi) is 16.9. The number of anilines is 10. The van der Waals surface area contributed by atoms with Crippen molar-refractivity contribution in [2.75, 3.05) is 40.8 Å². The Morgan fingerprint density at radius 3 is 0.890 bits per heavy atom. The third-order valence-corrected chi connectivity index (χ3v) is 16.8. The molecule has 8 heteroatoms. The zero-order valence-corrected chi connectivity index (χ0v) is 50.8. The van der Waals surface area contributed by atoms with Crippen LogP contribution in [0.15, 0.2) is 340 Å². The standard InChI is InChI=1S/C42H34N2O.C41H31N3O2/c1-43(40-13-8-14-42(30-40)45-2)37-22-15-34(16-23-37)35-19-26-39(27-20-35)44(41-28-21-32-11-6-7-12-36(32)29-41)38-24-17-33(18-25-38)31-9-4-3-5-10-31;1-42(37-25-27-40(28-26-37)44(45)46)36-18-11-33(12-19-36)34-15-22-39(23-16-34)43(41-24-17-31-9-5-6-10-35(31)29-41)38-20-13-32(14-21-38)30-7-3-2-4-8-30/h3-30H,1-2H3;2-29H,1H3. The second kappa shape index (κ2) is 26.5. The number of rotatable bonds is 16. The molecular formula is C83H65N5O3. The molecule has 0 saturated heterocycles. The first kappa shape index (κ1) is 58.0. The van der Waals surface area contributed by atoms with Gasteiger partial charge in [-0.1, -0.05) is 200 Å². The molecule has 0 radical (unpaired) electrons. The average molecular weight is 1180 g/mol. The maximum atomic E-state index is 11.0. The van der Waals surface area contributed by atoms with Crippen LogP contribution in [0.4, 0.5) is 62.6 Å². The van der Waals surface area contributed by atoms with Crippen molar-refractivity contribution in [1.29, 1.82) is 0 Å². The maximum Gasteiger partial charge on any atom is 0.269 e. The summed E-state index contributed by atoms with van der Waals surface area (Å²) in [6.45, 7) is 0. The van der Waals surface area contributed by atoms with E-state index in [1.54, 1.807) is 19.2 Å². The van der Waals surface area contributed by atoms with E-state index in [2.05, 4.69) is 313 Å². The Hall–Kier alpha value is -12.0. The Balaban J connectivity index is 0.000000167. The molecule has 14 rings (SSSR count). The van der Waals surface area contributed by atoms with Gasteiger partial charge in [0, 0.05) is 89.2 Å². The summed E-state index contributed by atoms with van der Waals surface area (Å²) in [5, 5.41) is 15.9. The second-order valence-corrected chi connectivity index (χ2v) is 22.3. The van der Waals surface area contributed by atoms with E-state index in [1.807, 2.05) is 36.2 Å². The van der Waals surface area contributed by atoms with Gasteiger partial charge in [0.25, 0.3) is 5.69 Å². The van der Waals surface area contributed by atoms with E-state index in [0.717, 1.165) is 73.8 Å². The predicted octanol–water partition coefficient (Wildman–Crippen LogP) is 22.7. The number of nitro benzene ring substituents is 1. The minimum Gasteiger partial charge on any atom is -0.497 e. The molecule has 0 bridgehead atoms. The summed E-state index contributed by atoms with van der Waals surface area (Å²) in [7, 11) is 5.73. The van der Waals surface area contributed by atoms with Crippen LogP contribution >= 0.6 is 0 Å². The fraction of sp³-hybridized carbons (Fsp3) is 0.0361. The summed E-state index contributed by atoms with van der Waals surface area (Å²) >= 11 is 0. The largest absolute Gasteiger partial charge is 0.497 e. The van der Waals surface area contributed by atoms with Crippen molar-refractivity contribution in [2.45, 2.75) is 0 Å². The molecule has 0 atom stereocenters. The first-order chi connectivity index (χ1) is 44.7. The van der Waals surface area contributed by atoms with Gasteiger partial charge >= 0.3 is 0 Å². The van der Waals surface area contributed by atoms with Crippen LogP contribution in [0.3, 0.4) is 0 Å². The molecule has 8 nitrogen and oxygen atoms in total. The number of hydrogen-bond donors (Lipinski definition) is 0. The second-order valence-electron chi connectivity index (χ2n) is 22.3. The van der Waals surface area contributed by atoms with Gasteiger partial charge in [-0.2, -0.15) is 0 Å². The molecule has 440 valence electrons. The molecule has 0 unspecified atom stereocenters. The molecule has 0 aliphatic heterocycles. The van der Waals surface area contributed by atoms with Gasteiger partial charge in [-0.25, -0.2) is 0 Å². The SMILES string of the molecule is CN(c1ccc(-c2ccc(N(c3ccc(-c4ccccc4)cc3)c3ccc4ccccc4c3)cc2)cc1)c1ccc([N+](=O)[O-])cc1.COc1cccc(N(C)c2ccc(-c3ccc(N(c4ccc(-c5ccccc5)cc4)c4ccc5ccccc5c4)cc3)cc2)c1. The van der Waals surface area contributed by atoms with Crippen LogP contribution in [0.1, 0.15) is 0 Å². The highest BCUT2D eigenvalue weighted by Crippen LogP contribution is 2.41. The topological polar surface area (TPSA) is 65.3 Å². The van der Waals surface area contributed by atoms with E-state index < -0.39 is 0 Å². The van der Waals surface area contributed by atoms with Crippen molar-refractivity contribution in [3.63, 3.8) is 0 Å². The lowest BCUT2D eigenvalue weighted by Crippen LogP contribution is -2.10. The summed E-state index contributed by atoms with van der Waals surface area (Å²) < 4.78 is 5.41. The van der Waals surface area contributed by atoms with E-state index in [9.17, 15) is 10.1 Å². The molecule has 0 amide bonds. The van der Waals surface area contributed by atoms with Crippen LogP contribution in [0, 0.1) is 10.1 Å². The van der Waals surface area contributed by atoms with Gasteiger partial charge in [0.2, 0.25) is 0 Å². The van der Waals surface area contributed by atoms with Gasteiger partial charge < -0.3 is 24.3 Å². The number of non-ortho nitro benzene ring substituents is 1. The Morgan fingerprint density at radius 2 is 0.549 bits per heavy atom. The quantitative estimate of drug-likeness (QED) is 0.0705. The Labute approximate surface area is 531 Å². The number of methoxy groups -OCH3 is 1. The van der Waals surface area contributed by atoms with E-state index in [0.29, 0.717) is 0 Å². The number of nitro groups is 1. The van der Waals surface area contributed by atoms with E-state index in [-0.39, 0.29) is 10.6 Å². The summed E-state index contributed by atoms with van der Waals surface area (Å²) in [6.07, 6.45) is 0. The minimum atomic E-state index is -0.382. The molecule has 0 saturated carbocycles. The highest BCUT2D eigenvalue weighted by molar-refractivity contribution is 5.92. The number of nitrogens with zero attached hydrogens (tertiary/aromatic N) is 5. The summed E-state index contributed by atoms with van der Waals surface area (Å²) in [6, 6.07) is 118. The van der Waals surface area contributed by atoms with Crippen molar-refractivity contribution in [3.05, 3.63) is 350 Å². The molecule has 0 aromatic heterocycles. The first-order valence-corrected chi connectivity index (χ1v) is 30.4. The molecule has 0 aliphatic rings. The third-order valence-electron chi connectivity index (χ3n) is 16.8. The van der Waals surface area contributed by atoms with Crippen molar-refractivity contribution >= 4 is 84.1 Å². The zero-order valence-electron chi connectivity index (χ0n) is 50.8. The van der Waals surface area contributed by atoms with Crippen LogP contribution in [0.5, 0.6) is 5.75 Å². The van der Waals surface area contributed by atoms with Crippen molar-refractivity contribution in [3.8, 4) is 50.3 Å². The monoisotopic (exact) mass is 1180 g/mol. The van der Waals surface area contributed by atoms with Gasteiger partial charge in [-0.3, -0.25) is 10.1 Å². The first-order valence-electron chi connectivity index (χ1n) is 30.4. The number of hydrogen-bond acceptors (Lipinski definition) is 7. The van der Waals surface area contributed by atoms with Gasteiger partial charge in [0.05, 0.1) is 12.0 Å². The molecule has 0 heterocycles. The maximum absolute atomic E-state index is 11.0. The van der Waals surface area contributed by atoms with Gasteiger partial charge in [-0.05, 0) is 187 Å². The third kappa shape index (κ3) is 13.0. The number of ether oxygens (including phenoxy) is 1. The van der Waals surface area contributed by atoms with Crippen LogP contribution in [-0.4, -0.2) is 26.1 Å². The average Bonchev–Trinajstić information content (AvgIpc) is 1.38. The van der Waals surface area contributed by atoms with Gasteiger partial charge in [0.1, 0.15) is 5.75 Å². The Bertz CT molecular complexity index is 4760. The highest BCUT2D eigenvalue weighted by atomic mass is 16.6. The molecule has 0 fully saturated rings. The molecule has 91 heavy (non-hydrogen) atoms. The minimum absolute atomic E-state index is 0.0827. The van der Waals surface area contributed by atoms with Crippen LogP contribution in [0.2, 0.25) is 0 Å². The van der Waals surface area contributed by atoms with Crippen molar-refractivity contribution in [1.82, 2.24) is 0 Å².